The topological polar surface area (TPSA) is 67.2 Å². The smallest absolute Gasteiger partial charge is 0.263 e. The second kappa shape index (κ2) is 5.75. The quantitative estimate of drug-likeness (QED) is 0.803. The van der Waals surface area contributed by atoms with E-state index in [1.165, 1.54) is 22.5 Å². The third-order valence-corrected chi connectivity index (χ3v) is 4.02. The molecule has 0 saturated heterocycles. The lowest BCUT2D eigenvalue weighted by Crippen LogP contribution is -2.17. The van der Waals surface area contributed by atoms with Crippen LogP contribution >= 0.6 is 11.3 Å². The fraction of sp³-hybridized carbons (Fsp3) is 0.214. The van der Waals surface area contributed by atoms with Crippen molar-refractivity contribution in [3.05, 3.63) is 46.3 Å². The van der Waals surface area contributed by atoms with E-state index < -0.39 is 0 Å². The molecule has 0 aliphatic carbocycles. The summed E-state index contributed by atoms with van der Waals surface area (Å²) in [6.45, 7) is 2.80. The largest absolute Gasteiger partial charge is 0.397 e. The van der Waals surface area contributed by atoms with E-state index in [4.69, 9.17) is 5.73 Å². The minimum atomic E-state index is -0.147. The van der Waals surface area contributed by atoms with Crippen molar-refractivity contribution >= 4 is 27.9 Å². The molecule has 0 aliphatic heterocycles. The standard InChI is InChI=1S/C14H17N3OS/c1-9-5-3-4-6-10(9)8-17-12-7-11(15)13(19-12)14(18)16-2/h3-7,17H,8,15H2,1-2H3,(H,16,18). The van der Waals surface area contributed by atoms with Crippen LogP contribution in [-0.4, -0.2) is 13.0 Å². The number of hydrogen-bond donors (Lipinski definition) is 3. The number of hydrogen-bond acceptors (Lipinski definition) is 4. The van der Waals surface area contributed by atoms with Gasteiger partial charge in [0.15, 0.2) is 0 Å². The molecule has 0 radical (unpaired) electrons. The van der Waals surface area contributed by atoms with Gasteiger partial charge in [-0.25, -0.2) is 0 Å². The first kappa shape index (κ1) is 13.4. The summed E-state index contributed by atoms with van der Waals surface area (Å²) in [4.78, 5) is 12.1. The van der Waals surface area contributed by atoms with Crippen LogP contribution in [0, 0.1) is 6.92 Å². The van der Waals surface area contributed by atoms with Crippen molar-refractivity contribution in [3.63, 3.8) is 0 Å². The van der Waals surface area contributed by atoms with E-state index in [0.29, 0.717) is 10.6 Å². The van der Waals surface area contributed by atoms with Crippen molar-refractivity contribution in [2.75, 3.05) is 18.1 Å². The average molecular weight is 275 g/mol. The maximum Gasteiger partial charge on any atom is 0.263 e. The summed E-state index contributed by atoms with van der Waals surface area (Å²) < 4.78 is 0. The Kier molecular flexibility index (Phi) is 4.06. The average Bonchev–Trinajstić information content (AvgIpc) is 2.78. The molecule has 100 valence electrons. The first-order valence-electron chi connectivity index (χ1n) is 6.01. The minimum absolute atomic E-state index is 0.147. The van der Waals surface area contributed by atoms with Crippen molar-refractivity contribution in [2.45, 2.75) is 13.5 Å². The third-order valence-electron chi connectivity index (χ3n) is 2.91. The number of carbonyl (C=O) groups excluding carboxylic acids is 1. The molecule has 1 amide bonds. The normalized spacial score (nSPS) is 10.2. The zero-order valence-electron chi connectivity index (χ0n) is 11.0. The van der Waals surface area contributed by atoms with Crippen LogP contribution in [0.1, 0.15) is 20.8 Å². The van der Waals surface area contributed by atoms with E-state index in [-0.39, 0.29) is 5.91 Å². The van der Waals surface area contributed by atoms with Gasteiger partial charge in [0.2, 0.25) is 0 Å². The summed E-state index contributed by atoms with van der Waals surface area (Å²) in [5.74, 6) is -0.147. The third kappa shape index (κ3) is 3.06. The molecule has 0 fully saturated rings. The fourth-order valence-electron chi connectivity index (χ4n) is 1.77. The highest BCUT2D eigenvalue weighted by Gasteiger charge is 2.12. The lowest BCUT2D eigenvalue weighted by Gasteiger charge is -2.06. The molecular weight excluding hydrogens is 258 g/mol. The summed E-state index contributed by atoms with van der Waals surface area (Å²) in [7, 11) is 1.60. The molecular formula is C14H17N3OS. The van der Waals surface area contributed by atoms with Gasteiger partial charge in [-0.3, -0.25) is 4.79 Å². The molecule has 0 aliphatic rings. The second-order valence-corrected chi connectivity index (χ2v) is 5.31. The second-order valence-electron chi connectivity index (χ2n) is 4.25. The van der Waals surface area contributed by atoms with Crippen LogP contribution in [0.25, 0.3) is 0 Å². The van der Waals surface area contributed by atoms with Gasteiger partial charge in [0.25, 0.3) is 5.91 Å². The fourth-order valence-corrected chi connectivity index (χ4v) is 2.70. The molecule has 2 rings (SSSR count). The van der Waals surface area contributed by atoms with E-state index in [9.17, 15) is 4.79 Å². The van der Waals surface area contributed by atoms with Crippen molar-refractivity contribution in [1.29, 1.82) is 0 Å². The highest BCUT2D eigenvalue weighted by Crippen LogP contribution is 2.29. The molecule has 4 nitrogen and oxygen atoms in total. The zero-order chi connectivity index (χ0) is 13.8. The number of anilines is 2. The monoisotopic (exact) mass is 275 g/mol. The predicted octanol–water partition coefficient (Wildman–Crippen LogP) is 2.61. The van der Waals surface area contributed by atoms with Gasteiger partial charge in [-0.05, 0) is 24.1 Å². The molecule has 0 unspecified atom stereocenters. The number of amides is 1. The summed E-state index contributed by atoms with van der Waals surface area (Å²) in [6.07, 6.45) is 0. The molecule has 1 aromatic heterocycles. The Bertz CT molecular complexity index is 592. The first-order valence-corrected chi connectivity index (χ1v) is 6.83. The number of nitrogen functional groups attached to an aromatic ring is 1. The van der Waals surface area contributed by atoms with Crippen LogP contribution in [-0.2, 0) is 6.54 Å². The van der Waals surface area contributed by atoms with Crippen LogP contribution in [0.4, 0.5) is 10.7 Å². The Hall–Kier alpha value is -2.01. The highest BCUT2D eigenvalue weighted by atomic mass is 32.1. The lowest BCUT2D eigenvalue weighted by atomic mass is 10.1. The summed E-state index contributed by atoms with van der Waals surface area (Å²) in [6, 6.07) is 10.00. The van der Waals surface area contributed by atoms with Gasteiger partial charge in [-0.15, -0.1) is 11.3 Å². The number of nitrogens with one attached hydrogen (secondary N) is 2. The summed E-state index contributed by atoms with van der Waals surface area (Å²) in [5.41, 5.74) is 8.81. The van der Waals surface area contributed by atoms with Gasteiger partial charge in [-0.2, -0.15) is 0 Å². The summed E-state index contributed by atoms with van der Waals surface area (Å²) >= 11 is 1.37. The predicted molar refractivity (Wildman–Crippen MR) is 80.6 cm³/mol. The SMILES string of the molecule is CNC(=O)c1sc(NCc2ccccc2C)cc1N. The Morgan fingerprint density at radius 2 is 2.11 bits per heavy atom. The number of aryl methyl sites for hydroxylation is 1. The summed E-state index contributed by atoms with van der Waals surface area (Å²) in [5, 5.41) is 6.78. The molecule has 0 spiro atoms. The Morgan fingerprint density at radius 3 is 2.79 bits per heavy atom. The van der Waals surface area contributed by atoms with Crippen molar-refractivity contribution in [1.82, 2.24) is 5.32 Å². The van der Waals surface area contributed by atoms with Gasteiger partial charge in [0.05, 0.1) is 10.7 Å². The van der Waals surface area contributed by atoms with E-state index in [1.54, 1.807) is 13.1 Å². The van der Waals surface area contributed by atoms with E-state index in [0.717, 1.165) is 11.5 Å². The van der Waals surface area contributed by atoms with Crippen LogP contribution < -0.4 is 16.4 Å². The Labute approximate surface area is 116 Å². The van der Waals surface area contributed by atoms with Gasteiger partial charge in [-0.1, -0.05) is 24.3 Å². The Morgan fingerprint density at radius 1 is 1.37 bits per heavy atom. The molecule has 1 heterocycles. The van der Waals surface area contributed by atoms with Crippen LogP contribution in [0.15, 0.2) is 30.3 Å². The molecule has 0 atom stereocenters. The van der Waals surface area contributed by atoms with Crippen LogP contribution in [0.3, 0.4) is 0 Å². The molecule has 5 heteroatoms. The van der Waals surface area contributed by atoms with Gasteiger partial charge < -0.3 is 16.4 Å². The van der Waals surface area contributed by atoms with E-state index >= 15 is 0 Å². The number of thiophene rings is 1. The molecule has 19 heavy (non-hydrogen) atoms. The number of carbonyl (C=O) groups is 1. The van der Waals surface area contributed by atoms with Crippen molar-refractivity contribution in [2.24, 2.45) is 0 Å². The minimum Gasteiger partial charge on any atom is -0.397 e. The zero-order valence-corrected chi connectivity index (χ0v) is 11.8. The molecule has 0 bridgehead atoms. The number of nitrogens with two attached hydrogens (primary N) is 1. The van der Waals surface area contributed by atoms with Crippen LogP contribution in [0.5, 0.6) is 0 Å². The maximum absolute atomic E-state index is 11.6. The molecule has 0 saturated carbocycles. The van der Waals surface area contributed by atoms with Crippen molar-refractivity contribution < 1.29 is 4.79 Å². The van der Waals surface area contributed by atoms with Crippen LogP contribution in [0.2, 0.25) is 0 Å². The molecule has 4 N–H and O–H groups in total. The van der Waals surface area contributed by atoms with E-state index in [2.05, 4.69) is 29.7 Å². The first-order chi connectivity index (χ1) is 9.11. The number of rotatable bonds is 4. The van der Waals surface area contributed by atoms with Crippen molar-refractivity contribution in [3.8, 4) is 0 Å². The van der Waals surface area contributed by atoms with Gasteiger partial charge in [0, 0.05) is 13.6 Å². The molecule has 1 aromatic carbocycles. The molecule has 2 aromatic rings. The Balaban J connectivity index is 2.09. The van der Waals surface area contributed by atoms with E-state index in [1.807, 2.05) is 12.1 Å². The lowest BCUT2D eigenvalue weighted by molar-refractivity contribution is 0.0968. The highest BCUT2D eigenvalue weighted by molar-refractivity contribution is 7.18. The maximum atomic E-state index is 11.6. The van der Waals surface area contributed by atoms with Gasteiger partial charge >= 0.3 is 0 Å². The number of benzene rings is 1. The van der Waals surface area contributed by atoms with Gasteiger partial charge in [0.1, 0.15) is 4.88 Å².